The van der Waals surface area contributed by atoms with E-state index in [1.165, 1.54) is 16.8 Å². The molecule has 8 nitrogen and oxygen atoms in total. The van der Waals surface area contributed by atoms with Crippen molar-refractivity contribution in [3.8, 4) is 0 Å². The van der Waals surface area contributed by atoms with Crippen molar-refractivity contribution in [3.63, 3.8) is 0 Å². The van der Waals surface area contributed by atoms with Crippen LogP contribution in [0.15, 0.2) is 36.7 Å². The summed E-state index contributed by atoms with van der Waals surface area (Å²) in [5, 5.41) is 4.14. The normalized spacial score (nSPS) is 18.4. The van der Waals surface area contributed by atoms with Crippen LogP contribution in [0.1, 0.15) is 47.6 Å². The van der Waals surface area contributed by atoms with Gasteiger partial charge in [-0.2, -0.15) is 5.10 Å². The van der Waals surface area contributed by atoms with E-state index in [0.717, 1.165) is 31.4 Å². The summed E-state index contributed by atoms with van der Waals surface area (Å²) in [7, 11) is 0. The predicted molar refractivity (Wildman–Crippen MR) is 107 cm³/mol. The molecule has 1 atom stereocenters. The zero-order chi connectivity index (χ0) is 21.5. The quantitative estimate of drug-likeness (QED) is 0.626. The molecule has 31 heavy (non-hydrogen) atoms. The molecule has 2 aromatic heterocycles. The first-order valence-corrected chi connectivity index (χ1v) is 10.2. The van der Waals surface area contributed by atoms with E-state index < -0.39 is 17.5 Å². The first-order chi connectivity index (χ1) is 15.0. The van der Waals surface area contributed by atoms with E-state index in [0.29, 0.717) is 24.4 Å². The van der Waals surface area contributed by atoms with Crippen molar-refractivity contribution < 1.29 is 18.4 Å². The van der Waals surface area contributed by atoms with Crippen molar-refractivity contribution in [3.05, 3.63) is 59.4 Å². The second-order valence-corrected chi connectivity index (χ2v) is 7.85. The standard InChI is InChI=1S/C21H20F2N6O2/c22-13-5-6-16(23)14(10-13)17-2-1-8-28(17)18-7-9-29-19(25-18)15(11-24-29)21(31)27-26-20(30)12-3-4-12/h5-7,9-12,17H,1-4,8H2,(H,26,30)(H,27,31). The summed E-state index contributed by atoms with van der Waals surface area (Å²) < 4.78 is 29.6. The highest BCUT2D eigenvalue weighted by Crippen LogP contribution is 2.36. The number of carbonyl (C=O) groups excluding carboxylic acids is 2. The highest BCUT2D eigenvalue weighted by Gasteiger charge is 2.31. The van der Waals surface area contributed by atoms with Crippen molar-refractivity contribution in [2.75, 3.05) is 11.4 Å². The molecule has 160 valence electrons. The first kappa shape index (κ1) is 19.4. The van der Waals surface area contributed by atoms with E-state index in [9.17, 15) is 18.4 Å². The Kier molecular flexibility index (Phi) is 4.76. The Labute approximate surface area is 176 Å². The lowest BCUT2D eigenvalue weighted by Crippen LogP contribution is -2.42. The average molecular weight is 426 g/mol. The zero-order valence-electron chi connectivity index (χ0n) is 16.5. The third-order valence-electron chi connectivity index (χ3n) is 5.71. The molecular formula is C21H20F2N6O2. The molecule has 2 amide bonds. The molecule has 2 aliphatic rings. The van der Waals surface area contributed by atoms with Crippen LogP contribution in [0.2, 0.25) is 0 Å². The Balaban J connectivity index is 1.42. The van der Waals surface area contributed by atoms with Gasteiger partial charge in [-0.05, 0) is 49.9 Å². The van der Waals surface area contributed by atoms with Gasteiger partial charge in [-0.3, -0.25) is 20.4 Å². The monoisotopic (exact) mass is 426 g/mol. The SMILES string of the molecule is O=C(NNC(=O)C1CC1)c1cnn2ccc(N3CCCC3c3cc(F)ccc3F)nc12. The maximum atomic E-state index is 14.4. The number of benzene rings is 1. The van der Waals surface area contributed by atoms with E-state index in [-0.39, 0.29) is 29.0 Å². The molecule has 1 aromatic carbocycles. The fourth-order valence-corrected chi connectivity index (χ4v) is 3.95. The number of aromatic nitrogens is 3. The maximum absolute atomic E-state index is 14.4. The predicted octanol–water partition coefficient (Wildman–Crippen LogP) is 2.52. The van der Waals surface area contributed by atoms with Gasteiger partial charge in [-0.25, -0.2) is 18.3 Å². The summed E-state index contributed by atoms with van der Waals surface area (Å²) in [5.74, 6) is -1.19. The molecule has 0 bridgehead atoms. The second-order valence-electron chi connectivity index (χ2n) is 7.85. The van der Waals surface area contributed by atoms with Crippen molar-refractivity contribution >= 4 is 23.3 Å². The van der Waals surface area contributed by atoms with Crippen LogP contribution in [0, 0.1) is 17.6 Å². The number of halogens is 2. The van der Waals surface area contributed by atoms with Crippen LogP contribution in [-0.2, 0) is 4.79 Å². The van der Waals surface area contributed by atoms with Crippen molar-refractivity contribution in [2.45, 2.75) is 31.7 Å². The molecule has 1 saturated heterocycles. The summed E-state index contributed by atoms with van der Waals surface area (Å²) in [6, 6.07) is 4.82. The third kappa shape index (κ3) is 3.69. The molecule has 1 saturated carbocycles. The van der Waals surface area contributed by atoms with E-state index in [1.54, 1.807) is 12.3 Å². The second kappa shape index (κ2) is 7.60. The highest BCUT2D eigenvalue weighted by atomic mass is 19.1. The van der Waals surface area contributed by atoms with Crippen LogP contribution >= 0.6 is 0 Å². The lowest BCUT2D eigenvalue weighted by atomic mass is 10.0. The van der Waals surface area contributed by atoms with Gasteiger partial charge in [0.1, 0.15) is 23.0 Å². The molecular weight excluding hydrogens is 406 g/mol. The van der Waals surface area contributed by atoms with Crippen LogP contribution in [0.4, 0.5) is 14.6 Å². The molecule has 0 spiro atoms. The van der Waals surface area contributed by atoms with Crippen molar-refractivity contribution in [2.24, 2.45) is 5.92 Å². The van der Waals surface area contributed by atoms with Gasteiger partial charge >= 0.3 is 0 Å². The number of hydrogen-bond acceptors (Lipinski definition) is 5. The molecule has 0 radical (unpaired) electrons. The van der Waals surface area contributed by atoms with Gasteiger partial charge in [-0.1, -0.05) is 0 Å². The van der Waals surface area contributed by atoms with Crippen LogP contribution < -0.4 is 15.8 Å². The van der Waals surface area contributed by atoms with Gasteiger partial charge in [-0.15, -0.1) is 0 Å². The van der Waals surface area contributed by atoms with Crippen molar-refractivity contribution in [1.29, 1.82) is 0 Å². The van der Waals surface area contributed by atoms with Gasteiger partial charge in [0.25, 0.3) is 5.91 Å². The number of hydrogen-bond donors (Lipinski definition) is 2. The molecule has 1 aliphatic carbocycles. The molecule has 10 heteroatoms. The number of anilines is 1. The molecule has 3 aromatic rings. The summed E-state index contributed by atoms with van der Waals surface area (Å²) in [6.45, 7) is 0.622. The fraction of sp³-hybridized carbons (Fsp3) is 0.333. The van der Waals surface area contributed by atoms with Crippen LogP contribution in [0.5, 0.6) is 0 Å². The van der Waals surface area contributed by atoms with Crippen LogP contribution in [0.25, 0.3) is 5.65 Å². The minimum atomic E-state index is -0.525. The lowest BCUT2D eigenvalue weighted by Gasteiger charge is -2.26. The summed E-state index contributed by atoms with van der Waals surface area (Å²) in [6.07, 6.45) is 6.14. The number of amides is 2. The Morgan fingerprint density at radius 3 is 2.74 bits per heavy atom. The number of carbonyl (C=O) groups is 2. The molecule has 2 fully saturated rings. The molecule has 1 aliphatic heterocycles. The van der Waals surface area contributed by atoms with Crippen LogP contribution in [0.3, 0.4) is 0 Å². The number of rotatable bonds is 4. The fourth-order valence-electron chi connectivity index (χ4n) is 3.95. The third-order valence-corrected chi connectivity index (χ3v) is 5.71. The van der Waals surface area contributed by atoms with Gasteiger partial charge in [0.2, 0.25) is 5.91 Å². The smallest absolute Gasteiger partial charge is 0.275 e. The van der Waals surface area contributed by atoms with Gasteiger partial charge in [0.05, 0.1) is 12.2 Å². The van der Waals surface area contributed by atoms with Crippen molar-refractivity contribution in [1.82, 2.24) is 25.4 Å². The average Bonchev–Trinajstić information content (AvgIpc) is 3.36. The number of nitrogens with zero attached hydrogens (tertiary/aromatic N) is 4. The minimum absolute atomic E-state index is 0.0377. The highest BCUT2D eigenvalue weighted by molar-refractivity contribution is 6.00. The Hall–Kier alpha value is -3.56. The molecule has 1 unspecified atom stereocenters. The van der Waals surface area contributed by atoms with E-state index in [4.69, 9.17) is 0 Å². The number of nitrogens with one attached hydrogen (secondary N) is 2. The molecule has 3 heterocycles. The Bertz CT molecular complexity index is 1180. The largest absolute Gasteiger partial charge is 0.349 e. The molecule has 2 N–H and O–H groups in total. The van der Waals surface area contributed by atoms with Gasteiger partial charge < -0.3 is 4.90 Å². The zero-order valence-corrected chi connectivity index (χ0v) is 16.5. The Morgan fingerprint density at radius 1 is 1.10 bits per heavy atom. The number of fused-ring (bicyclic) bond motifs is 1. The lowest BCUT2D eigenvalue weighted by molar-refractivity contribution is -0.123. The number of hydrazine groups is 1. The minimum Gasteiger partial charge on any atom is -0.349 e. The van der Waals surface area contributed by atoms with Gasteiger partial charge in [0.15, 0.2) is 5.65 Å². The Morgan fingerprint density at radius 2 is 1.94 bits per heavy atom. The maximum Gasteiger partial charge on any atom is 0.275 e. The van der Waals surface area contributed by atoms with Gasteiger partial charge in [0, 0.05) is 24.2 Å². The van der Waals surface area contributed by atoms with Crippen LogP contribution in [-0.4, -0.2) is 33.0 Å². The topological polar surface area (TPSA) is 91.6 Å². The van der Waals surface area contributed by atoms with E-state index in [2.05, 4.69) is 20.9 Å². The van der Waals surface area contributed by atoms with E-state index >= 15 is 0 Å². The summed E-state index contributed by atoms with van der Waals surface area (Å²) >= 11 is 0. The summed E-state index contributed by atoms with van der Waals surface area (Å²) in [4.78, 5) is 30.8. The van der Waals surface area contributed by atoms with E-state index in [1.807, 2.05) is 4.90 Å². The summed E-state index contributed by atoms with van der Waals surface area (Å²) in [5.41, 5.74) is 5.61. The molecule has 5 rings (SSSR count). The first-order valence-electron chi connectivity index (χ1n) is 10.2.